The average Bonchev–Trinajstić information content (AvgIpc) is 2.79. The van der Waals surface area contributed by atoms with Gasteiger partial charge in [-0.05, 0) is 12.3 Å². The monoisotopic (exact) mass is 526 g/mol. The smallest absolute Gasteiger partial charge is 0.307 e. The molecule has 220 valence electrons. The minimum Gasteiger partial charge on any atom is -0.481 e. The highest BCUT2D eigenvalue weighted by Crippen LogP contribution is 2.19. The van der Waals surface area contributed by atoms with Gasteiger partial charge in [-0.1, -0.05) is 136 Å². The van der Waals surface area contributed by atoms with Crippen molar-refractivity contribution in [2.75, 3.05) is 27.7 Å². The number of rotatable bonds is 27. The van der Waals surface area contributed by atoms with Crippen molar-refractivity contribution in [1.29, 1.82) is 0 Å². The number of hydrogen-bond acceptors (Lipinski definition) is 3. The summed E-state index contributed by atoms with van der Waals surface area (Å²) in [5, 5.41) is 9.09. The van der Waals surface area contributed by atoms with Crippen molar-refractivity contribution in [3.63, 3.8) is 0 Å². The molecule has 0 bridgehead atoms. The molecule has 0 rings (SSSR count). The number of likely N-dealkylation sites (N-methyl/N-ethyl adjacent to an activating group) is 1. The molecular weight excluding hydrogens is 462 g/mol. The van der Waals surface area contributed by atoms with E-state index in [1.807, 2.05) is 21.1 Å². The van der Waals surface area contributed by atoms with Crippen LogP contribution < -0.4 is 0 Å². The number of carboxylic acid groups (broad SMARTS) is 1. The zero-order valence-electron chi connectivity index (χ0n) is 25.5. The standard InChI is InChI=1S/C32H63NO4/c1-6-7-8-9-10-11-12-13-14-15-16-17-18-19-20-21-22-24-29(2)25-23-26-32(36)37-30(27-31(34)35)28-33(3,4)5/h29-30H,6-28H2,1-5H3/p+1. The summed E-state index contributed by atoms with van der Waals surface area (Å²) in [7, 11) is 5.93. The highest BCUT2D eigenvalue weighted by Gasteiger charge is 2.24. The molecule has 0 heterocycles. The van der Waals surface area contributed by atoms with Crippen molar-refractivity contribution in [2.24, 2.45) is 5.92 Å². The van der Waals surface area contributed by atoms with Gasteiger partial charge in [0.2, 0.25) is 0 Å². The predicted molar refractivity (Wildman–Crippen MR) is 157 cm³/mol. The Morgan fingerprint density at radius 2 is 1.08 bits per heavy atom. The molecule has 5 nitrogen and oxygen atoms in total. The molecule has 0 aliphatic heterocycles. The second-order valence-electron chi connectivity index (χ2n) is 12.6. The Balaban J connectivity index is 3.55. The topological polar surface area (TPSA) is 63.6 Å². The molecule has 0 aromatic rings. The molecule has 5 heteroatoms. The molecule has 0 saturated carbocycles. The number of carbonyl (C=O) groups is 2. The maximum absolute atomic E-state index is 12.2. The average molecular weight is 527 g/mol. The van der Waals surface area contributed by atoms with Crippen LogP contribution in [0.1, 0.15) is 155 Å². The fraction of sp³-hybridized carbons (Fsp3) is 0.938. The Labute approximate surface area is 230 Å². The highest BCUT2D eigenvalue weighted by molar-refractivity contribution is 5.71. The summed E-state index contributed by atoms with van der Waals surface area (Å²) in [6.07, 6.45) is 26.6. The molecule has 0 amide bonds. The van der Waals surface area contributed by atoms with Crippen molar-refractivity contribution >= 4 is 11.9 Å². The molecule has 2 atom stereocenters. The third-order valence-corrected chi connectivity index (χ3v) is 7.33. The largest absolute Gasteiger partial charge is 0.481 e. The van der Waals surface area contributed by atoms with E-state index in [0.29, 0.717) is 23.4 Å². The lowest BCUT2D eigenvalue weighted by Crippen LogP contribution is -2.43. The van der Waals surface area contributed by atoms with Gasteiger partial charge in [-0.2, -0.15) is 0 Å². The molecule has 0 radical (unpaired) electrons. The lowest BCUT2D eigenvalue weighted by molar-refractivity contribution is -0.873. The normalized spacial score (nSPS) is 13.4. The van der Waals surface area contributed by atoms with Gasteiger partial charge in [0.1, 0.15) is 6.54 Å². The third kappa shape index (κ3) is 27.7. The second kappa shape index (κ2) is 24.0. The summed E-state index contributed by atoms with van der Waals surface area (Å²) in [6.45, 7) is 5.07. The van der Waals surface area contributed by atoms with Crippen molar-refractivity contribution in [2.45, 2.75) is 161 Å². The molecule has 0 aromatic carbocycles. The maximum atomic E-state index is 12.2. The fourth-order valence-corrected chi connectivity index (χ4v) is 5.15. The van der Waals surface area contributed by atoms with E-state index in [4.69, 9.17) is 9.84 Å². The molecule has 0 aromatic heterocycles. The molecule has 2 unspecified atom stereocenters. The molecule has 0 spiro atoms. The zero-order valence-corrected chi connectivity index (χ0v) is 25.5. The van der Waals surface area contributed by atoms with Crippen molar-refractivity contribution in [1.82, 2.24) is 0 Å². The molecule has 0 aliphatic rings. The molecule has 1 N–H and O–H groups in total. The van der Waals surface area contributed by atoms with E-state index in [1.165, 1.54) is 116 Å². The van der Waals surface area contributed by atoms with E-state index in [-0.39, 0.29) is 12.4 Å². The van der Waals surface area contributed by atoms with Crippen LogP contribution in [0.15, 0.2) is 0 Å². The van der Waals surface area contributed by atoms with Crippen molar-refractivity contribution in [3.8, 4) is 0 Å². The number of carbonyl (C=O) groups excluding carboxylic acids is 1. The summed E-state index contributed by atoms with van der Waals surface area (Å²) < 4.78 is 6.05. The van der Waals surface area contributed by atoms with Gasteiger partial charge >= 0.3 is 11.9 Å². The Hall–Kier alpha value is -1.10. The van der Waals surface area contributed by atoms with E-state index in [0.717, 1.165) is 12.8 Å². The number of carboxylic acids is 1. The first-order valence-electron chi connectivity index (χ1n) is 15.9. The van der Waals surface area contributed by atoms with E-state index in [2.05, 4.69) is 13.8 Å². The van der Waals surface area contributed by atoms with Gasteiger partial charge in [-0.15, -0.1) is 0 Å². The minimum absolute atomic E-state index is 0.128. The molecule has 0 saturated heterocycles. The first kappa shape index (κ1) is 35.9. The van der Waals surface area contributed by atoms with Crippen LogP contribution in [0.5, 0.6) is 0 Å². The SMILES string of the molecule is CCCCCCCCCCCCCCCCCCCC(C)CCCC(=O)OC(CC(=O)O)C[N+](C)(C)C. The summed E-state index contributed by atoms with van der Waals surface area (Å²) in [5.74, 6) is -0.552. The van der Waals surface area contributed by atoms with Gasteiger partial charge < -0.3 is 14.3 Å². The highest BCUT2D eigenvalue weighted by atomic mass is 16.5. The first-order valence-corrected chi connectivity index (χ1v) is 15.9. The van der Waals surface area contributed by atoms with Crippen LogP contribution in [0.4, 0.5) is 0 Å². The van der Waals surface area contributed by atoms with E-state index >= 15 is 0 Å². The van der Waals surface area contributed by atoms with Gasteiger partial charge in [0.25, 0.3) is 0 Å². The number of nitrogens with zero attached hydrogens (tertiary/aromatic N) is 1. The predicted octanol–water partition coefficient (Wildman–Crippen LogP) is 8.93. The maximum Gasteiger partial charge on any atom is 0.307 e. The van der Waals surface area contributed by atoms with Crippen LogP contribution in [-0.4, -0.2) is 55.3 Å². The number of ether oxygens (including phenoxy) is 1. The quantitative estimate of drug-likeness (QED) is 0.0659. The van der Waals surface area contributed by atoms with E-state index < -0.39 is 12.1 Å². The lowest BCUT2D eigenvalue weighted by atomic mass is 9.96. The Bertz CT molecular complexity index is 543. The first-order chi connectivity index (χ1) is 17.6. The van der Waals surface area contributed by atoms with Crippen molar-refractivity contribution in [3.05, 3.63) is 0 Å². The van der Waals surface area contributed by atoms with E-state index in [1.54, 1.807) is 0 Å². The summed E-state index contributed by atoms with van der Waals surface area (Å²) in [6, 6.07) is 0. The van der Waals surface area contributed by atoms with Crippen molar-refractivity contribution < 1.29 is 23.9 Å². The summed E-state index contributed by atoms with van der Waals surface area (Å²) in [4.78, 5) is 23.3. The fourth-order valence-electron chi connectivity index (χ4n) is 5.15. The van der Waals surface area contributed by atoms with Gasteiger partial charge in [0, 0.05) is 6.42 Å². The molecule has 0 fully saturated rings. The number of hydrogen-bond donors (Lipinski definition) is 1. The third-order valence-electron chi connectivity index (χ3n) is 7.33. The zero-order chi connectivity index (χ0) is 27.8. The summed E-state index contributed by atoms with van der Waals surface area (Å²) >= 11 is 0. The second-order valence-corrected chi connectivity index (χ2v) is 12.6. The minimum atomic E-state index is -0.922. The van der Waals surface area contributed by atoms with Gasteiger partial charge in [0.05, 0.1) is 27.6 Å². The molecular formula is C32H64NO4+. The number of esters is 1. The number of quaternary nitrogens is 1. The Morgan fingerprint density at radius 1 is 0.676 bits per heavy atom. The summed E-state index contributed by atoms with van der Waals surface area (Å²) in [5.41, 5.74) is 0. The van der Waals surface area contributed by atoms with Crippen LogP contribution >= 0.6 is 0 Å². The van der Waals surface area contributed by atoms with Crippen LogP contribution in [0.2, 0.25) is 0 Å². The molecule has 0 aliphatic carbocycles. The van der Waals surface area contributed by atoms with Crippen LogP contribution in [0, 0.1) is 5.92 Å². The number of aliphatic carboxylic acids is 1. The lowest BCUT2D eigenvalue weighted by Gasteiger charge is -2.28. The number of unbranched alkanes of at least 4 members (excludes halogenated alkanes) is 16. The van der Waals surface area contributed by atoms with Crippen LogP contribution in [0.25, 0.3) is 0 Å². The van der Waals surface area contributed by atoms with E-state index in [9.17, 15) is 9.59 Å². The van der Waals surface area contributed by atoms with Gasteiger partial charge in [0.15, 0.2) is 6.10 Å². The van der Waals surface area contributed by atoms with Crippen LogP contribution in [0.3, 0.4) is 0 Å². The van der Waals surface area contributed by atoms with Gasteiger partial charge in [-0.3, -0.25) is 9.59 Å². The molecule has 37 heavy (non-hydrogen) atoms. The Morgan fingerprint density at radius 3 is 1.49 bits per heavy atom. The Kier molecular flexibility index (Phi) is 23.3. The van der Waals surface area contributed by atoms with Crippen LogP contribution in [-0.2, 0) is 14.3 Å². The van der Waals surface area contributed by atoms with Gasteiger partial charge in [-0.25, -0.2) is 0 Å².